The molecule has 0 radical (unpaired) electrons. The number of rotatable bonds is 7. The number of aliphatic hydroxyl groups excluding tert-OH is 1. The van der Waals surface area contributed by atoms with Gasteiger partial charge in [-0.1, -0.05) is 24.3 Å². The van der Waals surface area contributed by atoms with Crippen molar-refractivity contribution in [3.8, 4) is 11.5 Å². The SMILES string of the molecule is COc1ccc(COCC(O)c2ccc(OC(F)(F)F)cc2)cc1. The van der Waals surface area contributed by atoms with Crippen LogP contribution in [0.5, 0.6) is 11.5 Å². The minimum absolute atomic E-state index is 0.0193. The Morgan fingerprint density at radius 1 is 0.958 bits per heavy atom. The van der Waals surface area contributed by atoms with Gasteiger partial charge in [-0.2, -0.15) is 0 Å². The largest absolute Gasteiger partial charge is 0.573 e. The van der Waals surface area contributed by atoms with Gasteiger partial charge in [0.25, 0.3) is 0 Å². The zero-order chi connectivity index (χ0) is 17.6. The van der Waals surface area contributed by atoms with Crippen molar-refractivity contribution in [3.05, 3.63) is 59.7 Å². The first-order chi connectivity index (χ1) is 11.4. The average Bonchev–Trinajstić information content (AvgIpc) is 2.54. The fourth-order valence-corrected chi connectivity index (χ4v) is 2.00. The maximum Gasteiger partial charge on any atom is 0.573 e. The zero-order valence-corrected chi connectivity index (χ0v) is 12.9. The molecule has 7 heteroatoms. The quantitative estimate of drug-likeness (QED) is 0.830. The van der Waals surface area contributed by atoms with Crippen LogP contribution in [0.2, 0.25) is 0 Å². The number of ether oxygens (including phenoxy) is 3. The van der Waals surface area contributed by atoms with Crippen LogP contribution in [0.1, 0.15) is 17.2 Å². The van der Waals surface area contributed by atoms with Crippen molar-refractivity contribution in [1.29, 1.82) is 0 Å². The molecule has 1 unspecified atom stereocenters. The smallest absolute Gasteiger partial charge is 0.497 e. The Balaban J connectivity index is 1.82. The number of alkyl halides is 3. The molecule has 0 aliphatic rings. The highest BCUT2D eigenvalue weighted by Crippen LogP contribution is 2.24. The lowest BCUT2D eigenvalue weighted by atomic mass is 10.1. The molecule has 0 bridgehead atoms. The Morgan fingerprint density at radius 3 is 2.08 bits per heavy atom. The summed E-state index contributed by atoms with van der Waals surface area (Å²) < 4.78 is 50.5. The van der Waals surface area contributed by atoms with E-state index in [1.165, 1.54) is 12.1 Å². The van der Waals surface area contributed by atoms with E-state index in [-0.39, 0.29) is 12.4 Å². The summed E-state index contributed by atoms with van der Waals surface area (Å²) in [5.74, 6) is 0.401. The van der Waals surface area contributed by atoms with Crippen LogP contribution < -0.4 is 9.47 Å². The molecule has 1 N–H and O–H groups in total. The molecule has 2 rings (SSSR count). The average molecular weight is 342 g/mol. The first kappa shape index (κ1) is 18.1. The second kappa shape index (κ2) is 8.03. The molecule has 2 aromatic rings. The Bertz CT molecular complexity index is 624. The molecule has 0 heterocycles. The van der Waals surface area contributed by atoms with Crippen LogP contribution in [0.15, 0.2) is 48.5 Å². The van der Waals surface area contributed by atoms with Gasteiger partial charge in [0.1, 0.15) is 17.6 Å². The van der Waals surface area contributed by atoms with E-state index in [2.05, 4.69) is 4.74 Å². The summed E-state index contributed by atoms with van der Waals surface area (Å²) in [5, 5.41) is 10.00. The van der Waals surface area contributed by atoms with Crippen molar-refractivity contribution in [3.63, 3.8) is 0 Å². The van der Waals surface area contributed by atoms with Crippen molar-refractivity contribution >= 4 is 0 Å². The van der Waals surface area contributed by atoms with Crippen molar-refractivity contribution in [1.82, 2.24) is 0 Å². The summed E-state index contributed by atoms with van der Waals surface area (Å²) in [7, 11) is 1.58. The highest BCUT2D eigenvalue weighted by atomic mass is 19.4. The third-order valence-corrected chi connectivity index (χ3v) is 3.20. The fourth-order valence-electron chi connectivity index (χ4n) is 2.00. The van der Waals surface area contributed by atoms with E-state index in [9.17, 15) is 18.3 Å². The highest BCUT2D eigenvalue weighted by molar-refractivity contribution is 5.29. The number of methoxy groups -OCH3 is 1. The van der Waals surface area contributed by atoms with Gasteiger partial charge in [-0.3, -0.25) is 0 Å². The number of hydrogen-bond acceptors (Lipinski definition) is 4. The van der Waals surface area contributed by atoms with Gasteiger partial charge in [0.05, 0.1) is 20.3 Å². The Hall–Kier alpha value is -2.25. The van der Waals surface area contributed by atoms with Gasteiger partial charge in [-0.15, -0.1) is 13.2 Å². The third kappa shape index (κ3) is 5.75. The number of halogens is 3. The molecule has 1 atom stereocenters. The fraction of sp³-hybridized carbons (Fsp3) is 0.294. The zero-order valence-electron chi connectivity index (χ0n) is 12.9. The first-order valence-electron chi connectivity index (χ1n) is 7.12. The van der Waals surface area contributed by atoms with Gasteiger partial charge in [0.2, 0.25) is 0 Å². The van der Waals surface area contributed by atoms with E-state index < -0.39 is 12.5 Å². The van der Waals surface area contributed by atoms with E-state index in [1.807, 2.05) is 12.1 Å². The van der Waals surface area contributed by atoms with E-state index in [0.29, 0.717) is 12.2 Å². The number of benzene rings is 2. The number of aliphatic hydroxyl groups is 1. The molecule has 0 saturated carbocycles. The summed E-state index contributed by atoms with van der Waals surface area (Å²) in [6.07, 6.45) is -5.68. The Kier molecular flexibility index (Phi) is 6.05. The molecule has 0 aliphatic carbocycles. The Morgan fingerprint density at radius 2 is 1.54 bits per heavy atom. The monoisotopic (exact) mass is 342 g/mol. The van der Waals surface area contributed by atoms with Crippen molar-refractivity contribution in [2.45, 2.75) is 19.1 Å². The standard InChI is InChI=1S/C17H17F3O4/c1-22-14-6-2-12(3-7-14)10-23-11-16(21)13-4-8-15(9-5-13)24-17(18,19)20/h2-9,16,21H,10-11H2,1H3. The van der Waals surface area contributed by atoms with Crippen LogP contribution in [0.4, 0.5) is 13.2 Å². The van der Waals surface area contributed by atoms with E-state index in [4.69, 9.17) is 9.47 Å². The van der Waals surface area contributed by atoms with E-state index in [1.54, 1.807) is 19.2 Å². The summed E-state index contributed by atoms with van der Waals surface area (Å²) in [5.41, 5.74) is 1.36. The second-order valence-corrected chi connectivity index (χ2v) is 5.00. The van der Waals surface area contributed by atoms with Crippen molar-refractivity contribution < 1.29 is 32.5 Å². The maximum absolute atomic E-state index is 12.1. The summed E-state index contributed by atoms with van der Waals surface area (Å²) in [6, 6.07) is 12.3. The lowest BCUT2D eigenvalue weighted by molar-refractivity contribution is -0.274. The molecular formula is C17H17F3O4. The van der Waals surface area contributed by atoms with Gasteiger partial charge < -0.3 is 19.3 Å². The molecular weight excluding hydrogens is 325 g/mol. The number of hydrogen-bond donors (Lipinski definition) is 1. The summed E-state index contributed by atoms with van der Waals surface area (Å²) in [6.45, 7) is 0.321. The second-order valence-electron chi connectivity index (χ2n) is 5.00. The molecule has 0 aliphatic heterocycles. The molecule has 24 heavy (non-hydrogen) atoms. The van der Waals surface area contributed by atoms with Gasteiger partial charge in [-0.25, -0.2) is 0 Å². The molecule has 0 spiro atoms. The summed E-state index contributed by atoms with van der Waals surface area (Å²) >= 11 is 0. The van der Waals surface area contributed by atoms with Gasteiger partial charge in [-0.05, 0) is 35.4 Å². The van der Waals surface area contributed by atoms with Crippen LogP contribution >= 0.6 is 0 Å². The predicted molar refractivity (Wildman–Crippen MR) is 80.7 cm³/mol. The summed E-state index contributed by atoms with van der Waals surface area (Å²) in [4.78, 5) is 0. The molecule has 130 valence electrons. The van der Waals surface area contributed by atoms with Crippen molar-refractivity contribution in [2.24, 2.45) is 0 Å². The van der Waals surface area contributed by atoms with Gasteiger partial charge >= 0.3 is 6.36 Å². The van der Waals surface area contributed by atoms with Crippen LogP contribution in [0.3, 0.4) is 0 Å². The third-order valence-electron chi connectivity index (χ3n) is 3.20. The molecule has 0 aromatic heterocycles. The predicted octanol–water partition coefficient (Wildman–Crippen LogP) is 3.84. The van der Waals surface area contributed by atoms with Crippen molar-refractivity contribution in [2.75, 3.05) is 13.7 Å². The lowest BCUT2D eigenvalue weighted by Crippen LogP contribution is -2.17. The Labute approximate surface area is 137 Å². The van der Waals surface area contributed by atoms with Gasteiger partial charge in [0, 0.05) is 0 Å². The highest BCUT2D eigenvalue weighted by Gasteiger charge is 2.31. The lowest BCUT2D eigenvalue weighted by Gasteiger charge is -2.13. The molecule has 0 amide bonds. The molecule has 4 nitrogen and oxygen atoms in total. The van der Waals surface area contributed by atoms with E-state index >= 15 is 0 Å². The van der Waals surface area contributed by atoms with Crippen LogP contribution in [-0.2, 0) is 11.3 Å². The molecule has 2 aromatic carbocycles. The minimum atomic E-state index is -4.73. The van der Waals surface area contributed by atoms with Crippen LogP contribution in [-0.4, -0.2) is 25.2 Å². The van der Waals surface area contributed by atoms with Gasteiger partial charge in [0.15, 0.2) is 0 Å². The molecule has 0 fully saturated rings. The topological polar surface area (TPSA) is 47.9 Å². The maximum atomic E-state index is 12.1. The van der Waals surface area contributed by atoms with E-state index in [0.717, 1.165) is 23.4 Å². The molecule has 0 saturated heterocycles. The minimum Gasteiger partial charge on any atom is -0.497 e. The first-order valence-corrected chi connectivity index (χ1v) is 7.12. The van der Waals surface area contributed by atoms with Crippen LogP contribution in [0, 0.1) is 0 Å². The normalized spacial score (nSPS) is 12.7. The van der Waals surface area contributed by atoms with Crippen LogP contribution in [0.25, 0.3) is 0 Å².